The third-order valence-electron chi connectivity index (χ3n) is 5.71. The summed E-state index contributed by atoms with van der Waals surface area (Å²) in [5.41, 5.74) is 7.65. The van der Waals surface area contributed by atoms with E-state index in [9.17, 15) is 9.90 Å². The van der Waals surface area contributed by atoms with Gasteiger partial charge in [-0.3, -0.25) is 14.8 Å². The number of fused-ring (bicyclic) bond motifs is 1. The van der Waals surface area contributed by atoms with Gasteiger partial charge in [0.05, 0.1) is 31.8 Å². The van der Waals surface area contributed by atoms with Gasteiger partial charge in [0.15, 0.2) is 17.2 Å². The molecule has 0 bridgehead atoms. The maximum absolute atomic E-state index is 15.5. The Hall–Kier alpha value is -4.32. The molecule has 0 aliphatic carbocycles. The van der Waals surface area contributed by atoms with Crippen LogP contribution in [0.2, 0.25) is 0 Å². The van der Waals surface area contributed by atoms with Crippen LogP contribution in [0.5, 0.6) is 11.5 Å². The van der Waals surface area contributed by atoms with Gasteiger partial charge in [-0.2, -0.15) is 0 Å². The first-order valence-electron chi connectivity index (χ1n) is 11.0. The standard InChI is InChI=1S/C24H26FN7O4/c1-27-10-13(9-26)17-11-28-16-4-5-21(31-23(16)30-17)32(12-14-6-19(33)24(34)29-14)18-7-15(35-2)8-20(36-3)22(18)25/h4-5,7-11,14,19,33H,6,12,26H2,1-3H3,(H,29,34). The van der Waals surface area contributed by atoms with Crippen molar-refractivity contribution in [3.8, 4) is 11.5 Å². The predicted octanol–water partition coefficient (Wildman–Crippen LogP) is 1.57. The number of rotatable bonds is 8. The monoisotopic (exact) mass is 495 g/mol. The molecule has 1 aliphatic rings. The van der Waals surface area contributed by atoms with E-state index in [0.29, 0.717) is 34.0 Å². The summed E-state index contributed by atoms with van der Waals surface area (Å²) in [6.07, 6.45) is 3.50. The number of carbonyl (C=O) groups excluding carboxylic acids is 1. The van der Waals surface area contributed by atoms with E-state index >= 15 is 4.39 Å². The second-order valence-corrected chi connectivity index (χ2v) is 8.01. The number of allylic oxidation sites excluding steroid dienone is 1. The van der Waals surface area contributed by atoms with Gasteiger partial charge >= 0.3 is 0 Å². The number of hydrogen-bond donors (Lipinski definition) is 3. The van der Waals surface area contributed by atoms with Crippen molar-refractivity contribution in [1.29, 1.82) is 0 Å². The number of aromatic nitrogens is 3. The molecule has 2 unspecified atom stereocenters. The van der Waals surface area contributed by atoms with E-state index in [2.05, 4.69) is 25.3 Å². The summed E-state index contributed by atoms with van der Waals surface area (Å²) in [5.74, 6) is -0.449. The van der Waals surface area contributed by atoms with E-state index in [1.807, 2.05) is 0 Å². The van der Waals surface area contributed by atoms with Gasteiger partial charge < -0.3 is 30.5 Å². The van der Waals surface area contributed by atoms with Crippen LogP contribution >= 0.6 is 0 Å². The third kappa shape index (κ3) is 4.89. The molecule has 4 N–H and O–H groups in total. The van der Waals surface area contributed by atoms with Crippen LogP contribution in [0.15, 0.2) is 41.7 Å². The van der Waals surface area contributed by atoms with Gasteiger partial charge in [0.2, 0.25) is 5.91 Å². The van der Waals surface area contributed by atoms with Crippen molar-refractivity contribution < 1.29 is 23.8 Å². The van der Waals surface area contributed by atoms with Crippen LogP contribution in [-0.2, 0) is 4.79 Å². The molecule has 4 rings (SSSR count). The molecule has 0 spiro atoms. The first-order valence-corrected chi connectivity index (χ1v) is 11.0. The zero-order chi connectivity index (χ0) is 25.8. The van der Waals surface area contributed by atoms with Crippen LogP contribution in [0, 0.1) is 5.82 Å². The number of aliphatic imine (C=N–C) groups is 1. The Kier molecular flexibility index (Phi) is 7.25. The fraction of sp³-hybridized carbons (Fsp3) is 0.292. The third-order valence-corrected chi connectivity index (χ3v) is 5.71. The fourth-order valence-corrected chi connectivity index (χ4v) is 3.92. The minimum absolute atomic E-state index is 0.0238. The van der Waals surface area contributed by atoms with Crippen LogP contribution in [0.4, 0.5) is 15.9 Å². The average molecular weight is 496 g/mol. The van der Waals surface area contributed by atoms with Crippen molar-refractivity contribution in [3.63, 3.8) is 0 Å². The molecule has 1 amide bonds. The Morgan fingerprint density at radius 3 is 2.78 bits per heavy atom. The predicted molar refractivity (Wildman–Crippen MR) is 133 cm³/mol. The second kappa shape index (κ2) is 10.5. The number of ether oxygens (including phenoxy) is 2. The average Bonchev–Trinajstić information content (AvgIpc) is 3.21. The molecule has 36 heavy (non-hydrogen) atoms. The first-order chi connectivity index (χ1) is 17.4. The fourth-order valence-electron chi connectivity index (χ4n) is 3.92. The molecule has 12 heteroatoms. The highest BCUT2D eigenvalue weighted by atomic mass is 19.1. The molecule has 1 aromatic carbocycles. The van der Waals surface area contributed by atoms with E-state index in [1.165, 1.54) is 32.6 Å². The molecule has 0 radical (unpaired) electrons. The number of aliphatic hydroxyl groups excluding tert-OH is 1. The van der Waals surface area contributed by atoms with Crippen molar-refractivity contribution in [2.75, 3.05) is 32.7 Å². The van der Waals surface area contributed by atoms with E-state index in [0.717, 1.165) is 0 Å². The molecule has 2 atom stereocenters. The highest BCUT2D eigenvalue weighted by Gasteiger charge is 2.33. The van der Waals surface area contributed by atoms with Gasteiger partial charge in [-0.15, -0.1) is 0 Å². The van der Waals surface area contributed by atoms with Gasteiger partial charge in [-0.25, -0.2) is 14.4 Å². The number of pyridine rings is 1. The lowest BCUT2D eigenvalue weighted by molar-refractivity contribution is -0.126. The number of nitrogens with zero attached hydrogens (tertiary/aromatic N) is 5. The van der Waals surface area contributed by atoms with Gasteiger partial charge in [-0.1, -0.05) is 0 Å². The summed E-state index contributed by atoms with van der Waals surface area (Å²) in [6, 6.07) is 5.85. The van der Waals surface area contributed by atoms with E-state index in [-0.39, 0.29) is 24.4 Å². The number of carbonyl (C=O) groups is 1. The highest BCUT2D eigenvalue weighted by Crippen LogP contribution is 2.37. The lowest BCUT2D eigenvalue weighted by Gasteiger charge is -2.28. The number of anilines is 2. The lowest BCUT2D eigenvalue weighted by Crippen LogP contribution is -2.37. The van der Waals surface area contributed by atoms with E-state index < -0.39 is 23.9 Å². The van der Waals surface area contributed by atoms with Gasteiger partial charge in [0.1, 0.15) is 23.2 Å². The summed E-state index contributed by atoms with van der Waals surface area (Å²) in [7, 11) is 4.43. The molecule has 1 aliphatic heterocycles. The minimum atomic E-state index is -1.14. The zero-order valence-electron chi connectivity index (χ0n) is 20.0. The Morgan fingerprint density at radius 1 is 1.33 bits per heavy atom. The maximum atomic E-state index is 15.5. The number of methoxy groups -OCH3 is 2. The summed E-state index contributed by atoms with van der Waals surface area (Å²) in [6.45, 7) is 0.109. The van der Waals surface area contributed by atoms with Crippen molar-refractivity contribution in [2.24, 2.45) is 10.7 Å². The number of nitrogens with one attached hydrogen (secondary N) is 1. The molecular formula is C24H26FN7O4. The van der Waals surface area contributed by atoms with Crippen molar-refractivity contribution in [3.05, 3.63) is 48.2 Å². The van der Waals surface area contributed by atoms with Crippen molar-refractivity contribution in [2.45, 2.75) is 18.6 Å². The maximum Gasteiger partial charge on any atom is 0.249 e. The Labute approximate surface area is 206 Å². The molecule has 3 heterocycles. The lowest BCUT2D eigenvalue weighted by atomic mass is 10.1. The van der Waals surface area contributed by atoms with Crippen LogP contribution in [0.1, 0.15) is 12.1 Å². The summed E-state index contributed by atoms with van der Waals surface area (Å²) < 4.78 is 26.1. The van der Waals surface area contributed by atoms with E-state index in [1.54, 1.807) is 36.5 Å². The zero-order valence-corrected chi connectivity index (χ0v) is 20.0. The summed E-state index contributed by atoms with van der Waals surface area (Å²) in [5, 5.41) is 12.7. The molecular weight excluding hydrogens is 469 g/mol. The Balaban J connectivity index is 1.84. The number of benzene rings is 1. The molecule has 1 saturated heterocycles. The van der Waals surface area contributed by atoms with Crippen molar-refractivity contribution in [1.82, 2.24) is 20.3 Å². The number of nitrogens with two attached hydrogens (primary N) is 1. The van der Waals surface area contributed by atoms with Crippen LogP contribution in [0.3, 0.4) is 0 Å². The number of hydrogen-bond acceptors (Lipinski definition) is 10. The molecule has 0 saturated carbocycles. The van der Waals surface area contributed by atoms with Gasteiger partial charge in [0, 0.05) is 56.2 Å². The molecule has 188 valence electrons. The quantitative estimate of drug-likeness (QED) is 0.396. The molecule has 3 aromatic rings. The molecule has 1 fully saturated rings. The Morgan fingerprint density at radius 2 is 2.14 bits per heavy atom. The number of amides is 1. The van der Waals surface area contributed by atoms with E-state index in [4.69, 9.17) is 15.2 Å². The second-order valence-electron chi connectivity index (χ2n) is 8.01. The Bertz CT molecular complexity index is 1350. The summed E-state index contributed by atoms with van der Waals surface area (Å²) >= 11 is 0. The van der Waals surface area contributed by atoms with Gasteiger partial charge in [0.25, 0.3) is 0 Å². The van der Waals surface area contributed by atoms with Crippen molar-refractivity contribution >= 4 is 40.4 Å². The normalized spacial score (nSPS) is 18.0. The SMILES string of the molecule is CN=CC(=CN)c1cnc2ccc(N(CC3CC(O)C(=O)N3)c3cc(OC)cc(OC)c3F)nc2n1. The molecule has 11 nitrogen and oxygen atoms in total. The van der Waals surface area contributed by atoms with Crippen LogP contribution in [-0.4, -0.2) is 72.1 Å². The number of aliphatic hydroxyl groups is 1. The summed E-state index contributed by atoms with van der Waals surface area (Å²) in [4.78, 5) is 31.0. The highest BCUT2D eigenvalue weighted by molar-refractivity contribution is 6.09. The number of halogens is 1. The van der Waals surface area contributed by atoms with Crippen LogP contribution in [0.25, 0.3) is 16.7 Å². The topological polar surface area (TPSA) is 148 Å². The largest absolute Gasteiger partial charge is 0.497 e. The first kappa shape index (κ1) is 24.8. The molecule has 2 aromatic heterocycles. The minimum Gasteiger partial charge on any atom is -0.497 e. The smallest absolute Gasteiger partial charge is 0.249 e. The van der Waals surface area contributed by atoms with Gasteiger partial charge in [-0.05, 0) is 12.1 Å². The van der Waals surface area contributed by atoms with Crippen LogP contribution < -0.4 is 25.4 Å².